The van der Waals surface area contributed by atoms with E-state index in [1.165, 1.54) is 0 Å². The fourth-order valence-corrected chi connectivity index (χ4v) is 0.202. The molecule has 0 saturated heterocycles. The molecule has 6 heteroatoms. The Balaban J connectivity index is -0.000000245. The Morgan fingerprint density at radius 2 is 1.90 bits per heavy atom. The van der Waals surface area contributed by atoms with Gasteiger partial charge in [0.05, 0.1) is 6.54 Å². The Morgan fingerprint density at radius 3 is 2.00 bits per heavy atom. The number of nitrogens with two attached hydrogens (primary N) is 1. The van der Waals surface area contributed by atoms with Gasteiger partial charge in [-0.15, -0.1) is 0 Å². The number of hydrogen-bond donors (Lipinski definition) is 1. The quantitative estimate of drug-likeness (QED) is 0.261. The van der Waals surface area contributed by atoms with E-state index in [-0.39, 0.29) is 41.6 Å². The minimum absolute atomic E-state index is 0. The van der Waals surface area contributed by atoms with Crippen LogP contribution in [0.25, 0.3) is 0 Å². The van der Waals surface area contributed by atoms with Gasteiger partial charge in [0.25, 0.3) is 0 Å². The SMILES string of the molecule is CC(=O)OC(=O)CN.O.[NaH]. The average molecular weight is 159 g/mol. The topological polar surface area (TPSA) is 101 Å². The number of hydrogen-bond acceptors (Lipinski definition) is 4. The Hall–Kier alpha value is 0.0600. The van der Waals surface area contributed by atoms with E-state index in [0.717, 1.165) is 6.92 Å². The van der Waals surface area contributed by atoms with Crippen molar-refractivity contribution >= 4 is 41.5 Å². The molecule has 0 aromatic heterocycles. The van der Waals surface area contributed by atoms with Crippen LogP contribution in [-0.2, 0) is 14.3 Å². The third-order valence-corrected chi connectivity index (χ3v) is 0.424. The molecule has 0 spiro atoms. The van der Waals surface area contributed by atoms with Gasteiger partial charge in [-0.05, 0) is 0 Å². The molecule has 56 valence electrons. The molecule has 0 atom stereocenters. The Bertz CT molecular complexity index is 116. The zero-order valence-corrected chi connectivity index (χ0v) is 5.01. The van der Waals surface area contributed by atoms with Crippen LogP contribution in [0.1, 0.15) is 6.92 Å². The second kappa shape index (κ2) is 9.06. The minimum atomic E-state index is -0.697. The summed E-state index contributed by atoms with van der Waals surface area (Å²) in [7, 11) is 0. The predicted molar refractivity (Wildman–Crippen MR) is 36.6 cm³/mol. The van der Waals surface area contributed by atoms with Crippen LogP contribution in [0, 0.1) is 0 Å². The molecule has 0 amide bonds. The molecule has 0 aliphatic heterocycles. The first kappa shape index (κ1) is 16.6. The maximum absolute atomic E-state index is 10.1. The van der Waals surface area contributed by atoms with E-state index in [1.54, 1.807) is 0 Å². The van der Waals surface area contributed by atoms with Gasteiger partial charge < -0.3 is 15.9 Å². The van der Waals surface area contributed by atoms with Gasteiger partial charge in [-0.3, -0.25) is 9.59 Å². The van der Waals surface area contributed by atoms with Crippen LogP contribution in [-0.4, -0.2) is 53.5 Å². The summed E-state index contributed by atoms with van der Waals surface area (Å²) in [6.45, 7) is 0.896. The second-order valence-electron chi connectivity index (χ2n) is 1.17. The van der Waals surface area contributed by atoms with Gasteiger partial charge in [0.1, 0.15) is 0 Å². The molecule has 0 saturated carbocycles. The molecule has 0 heterocycles. The predicted octanol–water partition coefficient (Wildman–Crippen LogP) is -2.44. The van der Waals surface area contributed by atoms with E-state index in [1.807, 2.05) is 0 Å². The van der Waals surface area contributed by atoms with Gasteiger partial charge in [0.2, 0.25) is 0 Å². The first-order valence-corrected chi connectivity index (χ1v) is 2.08. The van der Waals surface area contributed by atoms with Gasteiger partial charge >= 0.3 is 41.5 Å². The van der Waals surface area contributed by atoms with Crippen LogP contribution in [0.15, 0.2) is 0 Å². The number of esters is 2. The Labute approximate surface area is 80.5 Å². The van der Waals surface area contributed by atoms with Gasteiger partial charge in [-0.1, -0.05) is 0 Å². The van der Waals surface area contributed by atoms with E-state index in [9.17, 15) is 9.59 Å². The standard InChI is InChI=1S/C4H7NO3.Na.H2O.H/c1-3(6)8-4(7)2-5;;;/h2,5H2,1H3;;1H2;. The molecular formula is C4H10NNaO4. The van der Waals surface area contributed by atoms with Gasteiger partial charge in [-0.2, -0.15) is 0 Å². The molecule has 5 nitrogen and oxygen atoms in total. The summed E-state index contributed by atoms with van der Waals surface area (Å²) in [5, 5.41) is 0. The Kier molecular flexibility index (Phi) is 15.0. The Morgan fingerprint density at radius 1 is 1.50 bits per heavy atom. The van der Waals surface area contributed by atoms with Crippen molar-refractivity contribution < 1.29 is 19.8 Å². The van der Waals surface area contributed by atoms with Crippen LogP contribution in [0.3, 0.4) is 0 Å². The molecular weight excluding hydrogens is 149 g/mol. The van der Waals surface area contributed by atoms with E-state index in [4.69, 9.17) is 5.73 Å². The summed E-state index contributed by atoms with van der Waals surface area (Å²) < 4.78 is 4.00. The van der Waals surface area contributed by atoms with Gasteiger partial charge in [0, 0.05) is 6.92 Å². The molecule has 0 aromatic rings. The molecule has 0 unspecified atom stereocenters. The van der Waals surface area contributed by atoms with Crippen molar-refractivity contribution in [2.75, 3.05) is 6.54 Å². The van der Waals surface area contributed by atoms with Gasteiger partial charge in [-0.25, -0.2) is 0 Å². The van der Waals surface area contributed by atoms with Crippen LogP contribution >= 0.6 is 0 Å². The van der Waals surface area contributed by atoms with Crippen molar-refractivity contribution in [2.24, 2.45) is 5.73 Å². The van der Waals surface area contributed by atoms with E-state index >= 15 is 0 Å². The molecule has 0 rings (SSSR count). The molecule has 0 aliphatic rings. The number of rotatable bonds is 1. The molecule has 0 fully saturated rings. The number of ether oxygens (including phenoxy) is 1. The molecule has 0 bridgehead atoms. The normalized spacial score (nSPS) is 6.60. The summed E-state index contributed by atoms with van der Waals surface area (Å²) in [6.07, 6.45) is 0. The van der Waals surface area contributed by atoms with E-state index < -0.39 is 11.9 Å². The summed E-state index contributed by atoms with van der Waals surface area (Å²) in [5.74, 6) is -1.32. The van der Waals surface area contributed by atoms with Crippen molar-refractivity contribution in [2.45, 2.75) is 6.92 Å². The van der Waals surface area contributed by atoms with Crippen molar-refractivity contribution in [1.82, 2.24) is 0 Å². The monoisotopic (exact) mass is 159 g/mol. The van der Waals surface area contributed by atoms with Crippen molar-refractivity contribution in [3.05, 3.63) is 0 Å². The van der Waals surface area contributed by atoms with Crippen LogP contribution < -0.4 is 5.73 Å². The van der Waals surface area contributed by atoms with Crippen molar-refractivity contribution in [3.8, 4) is 0 Å². The van der Waals surface area contributed by atoms with Crippen LogP contribution in [0.5, 0.6) is 0 Å². The summed E-state index contributed by atoms with van der Waals surface area (Å²) in [4.78, 5) is 20.0. The van der Waals surface area contributed by atoms with Crippen molar-refractivity contribution in [1.29, 1.82) is 0 Å². The fourth-order valence-electron chi connectivity index (χ4n) is 0.202. The van der Waals surface area contributed by atoms with Crippen LogP contribution in [0.2, 0.25) is 0 Å². The van der Waals surface area contributed by atoms with Crippen molar-refractivity contribution in [3.63, 3.8) is 0 Å². The molecule has 10 heavy (non-hydrogen) atoms. The first-order chi connectivity index (χ1) is 3.66. The fraction of sp³-hybridized carbons (Fsp3) is 0.500. The van der Waals surface area contributed by atoms with Gasteiger partial charge in [0.15, 0.2) is 0 Å². The van der Waals surface area contributed by atoms with Crippen LogP contribution in [0.4, 0.5) is 0 Å². The zero-order chi connectivity index (χ0) is 6.57. The maximum atomic E-state index is 10.1. The average Bonchev–Trinajstić information content (AvgIpc) is 1.65. The molecule has 4 N–H and O–H groups in total. The summed E-state index contributed by atoms with van der Waals surface area (Å²) in [5.41, 5.74) is 4.79. The first-order valence-electron chi connectivity index (χ1n) is 2.08. The number of carbonyl (C=O) groups excluding carboxylic acids is 2. The third kappa shape index (κ3) is 10.9. The molecule has 0 radical (unpaired) electrons. The third-order valence-electron chi connectivity index (χ3n) is 0.424. The number of carbonyl (C=O) groups is 2. The second-order valence-corrected chi connectivity index (χ2v) is 1.17. The zero-order valence-electron chi connectivity index (χ0n) is 5.01. The summed E-state index contributed by atoms with van der Waals surface area (Å²) in [6, 6.07) is 0. The van der Waals surface area contributed by atoms with E-state index in [0.29, 0.717) is 0 Å². The molecule has 0 aromatic carbocycles. The van der Waals surface area contributed by atoms with E-state index in [2.05, 4.69) is 4.74 Å². The molecule has 0 aliphatic carbocycles. The summed E-state index contributed by atoms with van der Waals surface area (Å²) >= 11 is 0.